The molecule has 0 aliphatic heterocycles. The van der Waals surface area contributed by atoms with E-state index in [0.29, 0.717) is 11.4 Å². The Hall–Kier alpha value is -2.00. The molecule has 0 fully saturated rings. The number of hydrogen-bond acceptors (Lipinski definition) is 2. The molecule has 4 heteroatoms. The van der Waals surface area contributed by atoms with Crippen LogP contribution in [0.1, 0.15) is 29.5 Å². The quantitative estimate of drug-likeness (QED) is 0.862. The molecule has 116 valence electrons. The van der Waals surface area contributed by atoms with Gasteiger partial charge in [-0.15, -0.1) is 0 Å². The van der Waals surface area contributed by atoms with Crippen LogP contribution in [0.15, 0.2) is 42.5 Å². The zero-order valence-corrected chi connectivity index (χ0v) is 13.4. The van der Waals surface area contributed by atoms with Gasteiger partial charge < -0.3 is 9.84 Å². The first-order valence-electron chi connectivity index (χ1n) is 7.19. The standard InChI is InChI=1S/C18H19ClO3/c1-3-13-11-14(6-9-17(13)22-2)16(18(20)21)10-12-4-7-15(19)8-5-12/h4-9,11,16H,3,10H2,1-2H3,(H,20,21). The molecule has 1 atom stereocenters. The molecule has 2 aromatic carbocycles. The lowest BCUT2D eigenvalue weighted by Gasteiger charge is -2.16. The molecule has 0 bridgehead atoms. The number of aliphatic carboxylic acids is 1. The molecule has 0 radical (unpaired) electrons. The van der Waals surface area contributed by atoms with E-state index in [9.17, 15) is 9.90 Å². The Kier molecular flexibility index (Phi) is 5.45. The van der Waals surface area contributed by atoms with Crippen molar-refractivity contribution in [2.24, 2.45) is 0 Å². The number of methoxy groups -OCH3 is 1. The molecule has 0 aromatic heterocycles. The van der Waals surface area contributed by atoms with Crippen LogP contribution in [0.2, 0.25) is 5.02 Å². The number of aryl methyl sites for hydroxylation is 1. The fraction of sp³-hybridized carbons (Fsp3) is 0.278. The van der Waals surface area contributed by atoms with E-state index < -0.39 is 11.9 Å². The van der Waals surface area contributed by atoms with Crippen LogP contribution < -0.4 is 4.74 Å². The lowest BCUT2D eigenvalue weighted by molar-refractivity contribution is -0.138. The van der Waals surface area contributed by atoms with Crippen molar-refractivity contribution in [1.82, 2.24) is 0 Å². The molecule has 2 rings (SSSR count). The van der Waals surface area contributed by atoms with Gasteiger partial charge >= 0.3 is 5.97 Å². The first-order chi connectivity index (χ1) is 10.5. The Bertz CT molecular complexity index is 650. The second kappa shape index (κ2) is 7.32. The van der Waals surface area contributed by atoms with E-state index in [2.05, 4.69) is 0 Å². The maximum Gasteiger partial charge on any atom is 0.311 e. The van der Waals surface area contributed by atoms with Gasteiger partial charge in [-0.25, -0.2) is 0 Å². The van der Waals surface area contributed by atoms with Crippen molar-refractivity contribution < 1.29 is 14.6 Å². The Morgan fingerprint density at radius 1 is 1.23 bits per heavy atom. The SMILES string of the molecule is CCc1cc(C(Cc2ccc(Cl)cc2)C(=O)O)ccc1OC. The third kappa shape index (κ3) is 3.80. The van der Waals surface area contributed by atoms with Gasteiger partial charge in [-0.2, -0.15) is 0 Å². The predicted octanol–water partition coefficient (Wildman–Crippen LogP) is 4.32. The summed E-state index contributed by atoms with van der Waals surface area (Å²) in [7, 11) is 1.62. The highest BCUT2D eigenvalue weighted by molar-refractivity contribution is 6.30. The van der Waals surface area contributed by atoms with Gasteiger partial charge in [-0.05, 0) is 47.7 Å². The molecule has 0 saturated carbocycles. The van der Waals surface area contributed by atoms with E-state index in [1.54, 1.807) is 19.2 Å². The number of hydrogen-bond donors (Lipinski definition) is 1. The van der Waals surface area contributed by atoms with Crippen molar-refractivity contribution in [1.29, 1.82) is 0 Å². The van der Waals surface area contributed by atoms with Crippen LogP contribution in [-0.4, -0.2) is 18.2 Å². The molecule has 3 nitrogen and oxygen atoms in total. The monoisotopic (exact) mass is 318 g/mol. The first-order valence-corrected chi connectivity index (χ1v) is 7.57. The molecule has 0 saturated heterocycles. The molecule has 0 heterocycles. The number of rotatable bonds is 6. The van der Waals surface area contributed by atoms with Crippen LogP contribution in [0, 0.1) is 0 Å². The fourth-order valence-electron chi connectivity index (χ4n) is 2.50. The molecule has 0 aliphatic carbocycles. The molecule has 0 aliphatic rings. The minimum absolute atomic E-state index is 0.433. The smallest absolute Gasteiger partial charge is 0.311 e. The van der Waals surface area contributed by atoms with Crippen LogP contribution in [-0.2, 0) is 17.6 Å². The van der Waals surface area contributed by atoms with Crippen molar-refractivity contribution >= 4 is 17.6 Å². The molecular formula is C18H19ClO3. The first kappa shape index (κ1) is 16.4. The number of carboxylic acid groups (broad SMARTS) is 1. The highest BCUT2D eigenvalue weighted by Gasteiger charge is 2.21. The van der Waals surface area contributed by atoms with Crippen LogP contribution in [0.4, 0.5) is 0 Å². The van der Waals surface area contributed by atoms with Crippen molar-refractivity contribution in [3.05, 3.63) is 64.2 Å². The second-order valence-electron chi connectivity index (χ2n) is 5.15. The molecule has 0 spiro atoms. The Labute approximate surface area is 135 Å². The fourth-order valence-corrected chi connectivity index (χ4v) is 2.62. The molecule has 22 heavy (non-hydrogen) atoms. The molecular weight excluding hydrogens is 300 g/mol. The summed E-state index contributed by atoms with van der Waals surface area (Å²) in [6.07, 6.45) is 1.23. The predicted molar refractivity (Wildman–Crippen MR) is 87.9 cm³/mol. The van der Waals surface area contributed by atoms with Crippen LogP contribution >= 0.6 is 11.6 Å². The minimum atomic E-state index is -0.831. The minimum Gasteiger partial charge on any atom is -0.496 e. The summed E-state index contributed by atoms with van der Waals surface area (Å²) in [6, 6.07) is 12.9. The van der Waals surface area contributed by atoms with Gasteiger partial charge in [0.15, 0.2) is 0 Å². The van der Waals surface area contributed by atoms with Crippen molar-refractivity contribution in [3.63, 3.8) is 0 Å². The van der Waals surface area contributed by atoms with Gasteiger partial charge in [0.05, 0.1) is 13.0 Å². The highest BCUT2D eigenvalue weighted by atomic mass is 35.5. The van der Waals surface area contributed by atoms with Crippen LogP contribution in [0.25, 0.3) is 0 Å². The third-order valence-corrected chi connectivity index (χ3v) is 3.99. The van der Waals surface area contributed by atoms with Gasteiger partial charge in [-0.3, -0.25) is 4.79 Å². The van der Waals surface area contributed by atoms with E-state index in [1.807, 2.05) is 37.3 Å². The topological polar surface area (TPSA) is 46.5 Å². The molecule has 0 amide bonds. The third-order valence-electron chi connectivity index (χ3n) is 3.74. The van der Waals surface area contributed by atoms with Gasteiger partial charge in [0.25, 0.3) is 0 Å². The molecule has 2 aromatic rings. The van der Waals surface area contributed by atoms with E-state index >= 15 is 0 Å². The summed E-state index contributed by atoms with van der Waals surface area (Å²) in [5.41, 5.74) is 2.76. The van der Waals surface area contributed by atoms with E-state index in [0.717, 1.165) is 28.9 Å². The second-order valence-corrected chi connectivity index (χ2v) is 5.58. The van der Waals surface area contributed by atoms with Crippen molar-refractivity contribution in [2.75, 3.05) is 7.11 Å². The van der Waals surface area contributed by atoms with Gasteiger partial charge in [-0.1, -0.05) is 42.8 Å². The van der Waals surface area contributed by atoms with Gasteiger partial charge in [0, 0.05) is 5.02 Å². The maximum absolute atomic E-state index is 11.7. The van der Waals surface area contributed by atoms with E-state index in [4.69, 9.17) is 16.3 Å². The largest absolute Gasteiger partial charge is 0.496 e. The number of benzene rings is 2. The summed E-state index contributed by atoms with van der Waals surface area (Å²) in [5.74, 6) is -0.624. The van der Waals surface area contributed by atoms with Crippen LogP contribution in [0.5, 0.6) is 5.75 Å². The van der Waals surface area contributed by atoms with E-state index in [1.165, 1.54) is 0 Å². The van der Waals surface area contributed by atoms with Crippen LogP contribution in [0.3, 0.4) is 0 Å². The number of halogens is 1. The lowest BCUT2D eigenvalue weighted by atomic mass is 9.90. The number of carbonyl (C=O) groups is 1. The number of ether oxygens (including phenoxy) is 1. The Balaban J connectivity index is 2.31. The summed E-state index contributed by atoms with van der Waals surface area (Å²) in [5, 5.41) is 10.2. The molecule has 1 unspecified atom stereocenters. The average molecular weight is 319 g/mol. The molecule has 1 N–H and O–H groups in total. The Morgan fingerprint density at radius 2 is 1.91 bits per heavy atom. The summed E-state index contributed by atoms with van der Waals surface area (Å²) < 4.78 is 5.30. The Morgan fingerprint density at radius 3 is 2.45 bits per heavy atom. The zero-order valence-electron chi connectivity index (χ0n) is 12.7. The maximum atomic E-state index is 11.7. The van der Waals surface area contributed by atoms with Gasteiger partial charge in [0.2, 0.25) is 0 Å². The van der Waals surface area contributed by atoms with E-state index in [-0.39, 0.29) is 0 Å². The highest BCUT2D eigenvalue weighted by Crippen LogP contribution is 2.28. The zero-order chi connectivity index (χ0) is 16.1. The lowest BCUT2D eigenvalue weighted by Crippen LogP contribution is -2.15. The summed E-state index contributed by atoms with van der Waals surface area (Å²) in [6.45, 7) is 2.02. The average Bonchev–Trinajstić information content (AvgIpc) is 2.53. The summed E-state index contributed by atoms with van der Waals surface area (Å²) in [4.78, 5) is 11.7. The van der Waals surface area contributed by atoms with Crippen molar-refractivity contribution in [2.45, 2.75) is 25.7 Å². The van der Waals surface area contributed by atoms with Gasteiger partial charge in [0.1, 0.15) is 5.75 Å². The van der Waals surface area contributed by atoms with Crippen molar-refractivity contribution in [3.8, 4) is 5.75 Å². The normalized spacial score (nSPS) is 12.0. The number of carboxylic acids is 1. The summed E-state index contributed by atoms with van der Waals surface area (Å²) >= 11 is 5.87.